The van der Waals surface area contributed by atoms with E-state index < -0.39 is 52.0 Å². The second-order valence-electron chi connectivity index (χ2n) is 9.34. The molecule has 3 aliphatic rings. The van der Waals surface area contributed by atoms with Crippen LogP contribution in [0.1, 0.15) is 29.5 Å². The number of rotatable bonds is 4. The van der Waals surface area contributed by atoms with Crippen LogP contribution in [-0.4, -0.2) is 55.6 Å². The maximum atomic E-state index is 13.7. The minimum absolute atomic E-state index is 0.0114. The molecule has 36 heavy (non-hydrogen) atoms. The third-order valence-electron chi connectivity index (χ3n) is 7.38. The molecule has 1 aromatic heterocycles. The molecule has 1 heterocycles. The second kappa shape index (κ2) is 8.28. The fourth-order valence-electron chi connectivity index (χ4n) is 5.76. The van der Waals surface area contributed by atoms with E-state index in [4.69, 9.17) is 10.5 Å². The normalized spacial score (nSPS) is 25.4. The van der Waals surface area contributed by atoms with Crippen LogP contribution in [0.3, 0.4) is 0 Å². The number of ketones is 2. The molecule has 0 aliphatic heterocycles. The average molecular weight is 492 g/mol. The van der Waals surface area contributed by atoms with Gasteiger partial charge in [-0.3, -0.25) is 19.4 Å². The van der Waals surface area contributed by atoms with Crippen LogP contribution in [0.5, 0.6) is 5.75 Å². The standard InChI is InChI=1S/C26H24N2O8/c1-36-10-12-8-14(16-4-2-3-5-28-16)15-7-11-6-13-9-17(29)20(25(27)34)24(33)26(13,35)23(32)18(11)22(31)19(15)21(12)30/h2-5,8,11,13,30-31,33,35H,6-7,9-10H2,1H3,(H2,27,34). The van der Waals surface area contributed by atoms with Crippen molar-refractivity contribution in [2.24, 2.45) is 17.6 Å². The minimum atomic E-state index is -2.60. The summed E-state index contributed by atoms with van der Waals surface area (Å²) in [4.78, 5) is 42.3. The minimum Gasteiger partial charge on any atom is -0.508 e. The number of carbonyl (C=O) groups is 3. The van der Waals surface area contributed by atoms with Crippen LogP contribution >= 0.6 is 0 Å². The number of aliphatic hydroxyl groups excluding tert-OH is 2. The molecule has 186 valence electrons. The Labute approximate surface area is 205 Å². The molecule has 0 bridgehead atoms. The number of ether oxygens (including phenoxy) is 1. The summed E-state index contributed by atoms with van der Waals surface area (Å²) < 4.78 is 5.20. The fourth-order valence-corrected chi connectivity index (χ4v) is 5.76. The number of benzene rings is 1. The Kier molecular flexibility index (Phi) is 5.46. The van der Waals surface area contributed by atoms with E-state index in [-0.39, 0.29) is 42.8 Å². The van der Waals surface area contributed by atoms with Crippen LogP contribution in [0.2, 0.25) is 0 Å². The molecule has 2 aromatic rings. The molecule has 1 fully saturated rings. The number of phenols is 1. The lowest BCUT2D eigenvalue weighted by atomic mass is 9.59. The number of amides is 1. The van der Waals surface area contributed by atoms with Gasteiger partial charge in [-0.2, -0.15) is 0 Å². The van der Waals surface area contributed by atoms with E-state index in [0.717, 1.165) is 0 Å². The molecular formula is C26H24N2O8. The van der Waals surface area contributed by atoms with Crippen molar-refractivity contribution in [1.29, 1.82) is 0 Å². The summed E-state index contributed by atoms with van der Waals surface area (Å²) in [5.41, 5.74) is 3.74. The van der Waals surface area contributed by atoms with E-state index in [0.29, 0.717) is 22.4 Å². The molecule has 0 radical (unpaired) electrons. The van der Waals surface area contributed by atoms with Crippen LogP contribution in [0.25, 0.3) is 17.0 Å². The smallest absolute Gasteiger partial charge is 0.255 e. The summed E-state index contributed by atoms with van der Waals surface area (Å²) in [5, 5.41) is 44.4. The van der Waals surface area contributed by atoms with E-state index in [9.17, 15) is 34.8 Å². The summed E-state index contributed by atoms with van der Waals surface area (Å²) in [5.74, 6) is -6.63. The Morgan fingerprint density at radius 1 is 1.22 bits per heavy atom. The van der Waals surface area contributed by atoms with Gasteiger partial charge in [-0.15, -0.1) is 0 Å². The summed E-state index contributed by atoms with van der Waals surface area (Å²) in [6, 6.07) is 7.04. The van der Waals surface area contributed by atoms with Crippen molar-refractivity contribution >= 4 is 23.2 Å². The molecule has 1 amide bonds. The first-order valence-electron chi connectivity index (χ1n) is 11.4. The molecule has 10 nitrogen and oxygen atoms in total. The van der Waals surface area contributed by atoms with Crippen molar-refractivity contribution in [3.8, 4) is 17.0 Å². The maximum Gasteiger partial charge on any atom is 0.255 e. The largest absolute Gasteiger partial charge is 0.508 e. The number of carbonyl (C=O) groups excluding carboxylic acids is 3. The third kappa shape index (κ3) is 3.18. The van der Waals surface area contributed by atoms with Crippen LogP contribution in [-0.2, 0) is 32.1 Å². The predicted octanol–water partition coefficient (Wildman–Crippen LogP) is 1.63. The first-order chi connectivity index (χ1) is 17.1. The molecule has 0 spiro atoms. The number of fused-ring (bicyclic) bond motifs is 3. The maximum absolute atomic E-state index is 13.7. The third-order valence-corrected chi connectivity index (χ3v) is 7.38. The number of primary amides is 1. The van der Waals surface area contributed by atoms with Crippen LogP contribution in [0.15, 0.2) is 47.4 Å². The Morgan fingerprint density at radius 3 is 2.61 bits per heavy atom. The Hall–Kier alpha value is -4.02. The Morgan fingerprint density at radius 2 is 1.97 bits per heavy atom. The van der Waals surface area contributed by atoms with Gasteiger partial charge in [-0.25, -0.2) is 0 Å². The zero-order valence-electron chi connectivity index (χ0n) is 19.3. The Bertz CT molecular complexity index is 1390. The zero-order chi connectivity index (χ0) is 25.9. The van der Waals surface area contributed by atoms with Gasteiger partial charge in [0.25, 0.3) is 5.91 Å². The van der Waals surface area contributed by atoms with E-state index in [1.807, 2.05) is 0 Å². The number of phenolic OH excluding ortho intramolecular Hbond substituents is 1. The first kappa shape index (κ1) is 23.7. The van der Waals surface area contributed by atoms with Gasteiger partial charge in [0.15, 0.2) is 11.4 Å². The van der Waals surface area contributed by atoms with Gasteiger partial charge in [-0.05, 0) is 42.5 Å². The first-order valence-corrected chi connectivity index (χ1v) is 11.4. The van der Waals surface area contributed by atoms with Crippen molar-refractivity contribution in [2.75, 3.05) is 7.11 Å². The van der Waals surface area contributed by atoms with Crippen LogP contribution in [0.4, 0.5) is 0 Å². The van der Waals surface area contributed by atoms with Gasteiger partial charge in [0.2, 0.25) is 5.78 Å². The topological polar surface area (TPSA) is 180 Å². The summed E-state index contributed by atoms with van der Waals surface area (Å²) in [7, 11) is 1.45. The number of Topliss-reactive ketones (excluding diaryl/α,β-unsaturated/α-hetero) is 2. The SMILES string of the molecule is COCc1cc(-c2ccccn2)c2c(c1O)C(O)=C1C(=O)C3(O)C(O)=C(C(N)=O)C(=O)CC3CC1C2. The number of hydrogen-bond donors (Lipinski definition) is 5. The molecule has 1 saturated carbocycles. The molecule has 3 atom stereocenters. The van der Waals surface area contributed by atoms with Gasteiger partial charge >= 0.3 is 0 Å². The van der Waals surface area contributed by atoms with Crippen molar-refractivity contribution in [3.63, 3.8) is 0 Å². The molecule has 10 heteroatoms. The molecule has 3 aliphatic carbocycles. The van der Waals surface area contributed by atoms with E-state index in [2.05, 4.69) is 4.98 Å². The lowest BCUT2D eigenvalue weighted by Crippen LogP contribution is -2.58. The Balaban J connectivity index is 1.75. The molecular weight excluding hydrogens is 468 g/mol. The van der Waals surface area contributed by atoms with Crippen LogP contribution in [0, 0.1) is 11.8 Å². The fraction of sp³-hybridized carbons (Fsp3) is 0.308. The van der Waals surface area contributed by atoms with Gasteiger partial charge in [-0.1, -0.05) is 6.07 Å². The van der Waals surface area contributed by atoms with Crippen molar-refractivity contribution < 1.29 is 39.5 Å². The monoisotopic (exact) mass is 492 g/mol. The highest BCUT2D eigenvalue weighted by molar-refractivity contribution is 6.22. The van der Waals surface area contributed by atoms with E-state index in [1.54, 1.807) is 30.5 Å². The summed E-state index contributed by atoms with van der Waals surface area (Å²) >= 11 is 0. The summed E-state index contributed by atoms with van der Waals surface area (Å²) in [6.45, 7) is 0.0125. The molecule has 0 saturated heterocycles. The number of methoxy groups -OCH3 is 1. The number of aromatic hydroxyl groups is 1. The molecule has 5 rings (SSSR count). The molecule has 6 N–H and O–H groups in total. The average Bonchev–Trinajstić information content (AvgIpc) is 2.83. The number of pyridine rings is 1. The van der Waals surface area contributed by atoms with Gasteiger partial charge < -0.3 is 30.9 Å². The molecule has 3 unspecified atom stereocenters. The quantitative estimate of drug-likeness (QED) is 0.396. The second-order valence-corrected chi connectivity index (χ2v) is 9.34. The number of aliphatic hydroxyl groups is 3. The molecule has 1 aromatic carbocycles. The number of aromatic nitrogens is 1. The highest BCUT2D eigenvalue weighted by Gasteiger charge is 2.60. The summed E-state index contributed by atoms with van der Waals surface area (Å²) in [6.07, 6.45) is 1.50. The number of nitrogens with zero attached hydrogens (tertiary/aromatic N) is 1. The van der Waals surface area contributed by atoms with Crippen molar-refractivity contribution in [1.82, 2.24) is 4.98 Å². The van der Waals surface area contributed by atoms with Gasteiger partial charge in [0, 0.05) is 42.3 Å². The zero-order valence-corrected chi connectivity index (χ0v) is 19.3. The number of nitrogens with two attached hydrogens (primary N) is 1. The van der Waals surface area contributed by atoms with E-state index in [1.165, 1.54) is 7.11 Å². The van der Waals surface area contributed by atoms with Crippen molar-refractivity contribution in [2.45, 2.75) is 31.5 Å². The number of hydrogen-bond acceptors (Lipinski definition) is 9. The van der Waals surface area contributed by atoms with Gasteiger partial charge in [0.1, 0.15) is 22.8 Å². The predicted molar refractivity (Wildman–Crippen MR) is 125 cm³/mol. The lowest BCUT2D eigenvalue weighted by molar-refractivity contribution is -0.147. The van der Waals surface area contributed by atoms with Gasteiger partial charge in [0.05, 0.1) is 17.9 Å². The van der Waals surface area contributed by atoms with E-state index >= 15 is 0 Å². The van der Waals surface area contributed by atoms with Crippen LogP contribution < -0.4 is 5.73 Å². The van der Waals surface area contributed by atoms with Crippen molar-refractivity contribution in [3.05, 3.63) is 64.1 Å². The highest BCUT2D eigenvalue weighted by atomic mass is 16.5. The lowest BCUT2D eigenvalue weighted by Gasteiger charge is -2.46. The highest BCUT2D eigenvalue weighted by Crippen LogP contribution is 2.53.